The van der Waals surface area contributed by atoms with Crippen LogP contribution in [-0.4, -0.2) is 48.8 Å². The number of imide groups is 1. The second-order valence-corrected chi connectivity index (χ2v) is 10.7. The Morgan fingerprint density at radius 2 is 1.73 bits per heavy atom. The Kier molecular flexibility index (Phi) is 10.7. The predicted molar refractivity (Wildman–Crippen MR) is 123 cm³/mol. The van der Waals surface area contributed by atoms with Crippen LogP contribution in [-0.2, 0) is 24.4 Å². The fourth-order valence-electron chi connectivity index (χ4n) is 1.98. The van der Waals surface area contributed by atoms with Crippen molar-refractivity contribution in [2.24, 2.45) is 0 Å². The Morgan fingerprint density at radius 3 is 2.27 bits per heavy atom. The summed E-state index contributed by atoms with van der Waals surface area (Å²) in [6.07, 6.45) is -9.45. The molecule has 1 unspecified atom stereocenters. The van der Waals surface area contributed by atoms with Crippen molar-refractivity contribution in [2.75, 3.05) is 5.75 Å². The van der Waals surface area contributed by atoms with Gasteiger partial charge in [0.05, 0.1) is 5.56 Å². The first-order valence-corrected chi connectivity index (χ1v) is 12.6. The van der Waals surface area contributed by atoms with Crippen LogP contribution in [0.5, 0.6) is 0 Å². The van der Waals surface area contributed by atoms with Crippen molar-refractivity contribution >= 4 is 95.7 Å². The fraction of sp³-hybridized carbons (Fsp3) is 0.400. The number of halogens is 6. The van der Waals surface area contributed by atoms with Crippen molar-refractivity contribution in [2.45, 2.75) is 31.5 Å². The largest absolute Gasteiger partial charge is 0.451 e. The first kappa shape index (κ1) is 27.8. The average molecular weight is 789 g/mol. The molecule has 0 heterocycles. The van der Waals surface area contributed by atoms with Gasteiger partial charge in [-0.05, 0) is 86.3 Å². The van der Waals surface area contributed by atoms with Crippen molar-refractivity contribution < 1.29 is 45.3 Å². The van der Waals surface area contributed by atoms with Crippen LogP contribution in [0.15, 0.2) is 12.1 Å². The van der Waals surface area contributed by atoms with Crippen molar-refractivity contribution in [3.05, 3.63) is 28.4 Å². The minimum Gasteiger partial charge on any atom is -0.451 e. The SMILES string of the molecule is O=C(CCCC(=O)OC(CS(=O)(=O)O)C(F)(F)F)NC(=O)c1cc(I)cc(I)c1I. The Labute approximate surface area is 210 Å². The second-order valence-electron chi connectivity index (χ2n) is 5.75. The van der Waals surface area contributed by atoms with Gasteiger partial charge in [0.2, 0.25) is 12.0 Å². The molecule has 0 saturated heterocycles. The Hall–Kier alpha value is -0.280. The molecule has 0 spiro atoms. The summed E-state index contributed by atoms with van der Waals surface area (Å²) in [7, 11) is -5.04. The highest BCUT2D eigenvalue weighted by atomic mass is 127. The molecule has 1 atom stereocenters. The number of nitrogens with one attached hydrogen (secondary N) is 1. The summed E-state index contributed by atoms with van der Waals surface area (Å²) in [5.74, 6) is -4.64. The van der Waals surface area contributed by atoms with Gasteiger partial charge in [-0.2, -0.15) is 21.6 Å². The standard InChI is InChI=1S/C15H13F3I3NO7S/c16-15(17,18)10(6-30(26,27)28)29-12(24)3-1-2-11(23)22-14(25)8-4-7(19)5-9(20)13(8)21/h4-5,10H,1-3,6H2,(H,22,23,25)(H,26,27,28). The smallest absolute Gasteiger partial charge is 0.426 e. The topological polar surface area (TPSA) is 127 Å². The zero-order chi connectivity index (χ0) is 23.3. The van der Waals surface area contributed by atoms with E-state index in [1.54, 1.807) is 6.07 Å². The predicted octanol–water partition coefficient (Wildman–Crippen LogP) is 3.29. The number of esters is 1. The van der Waals surface area contributed by atoms with Crippen molar-refractivity contribution in [3.8, 4) is 0 Å². The molecule has 1 aromatic carbocycles. The van der Waals surface area contributed by atoms with Crippen LogP contribution in [0.4, 0.5) is 13.2 Å². The van der Waals surface area contributed by atoms with Crippen molar-refractivity contribution in [3.63, 3.8) is 0 Å². The lowest BCUT2D eigenvalue weighted by Crippen LogP contribution is -2.39. The third-order valence-electron chi connectivity index (χ3n) is 3.28. The van der Waals surface area contributed by atoms with E-state index < -0.39 is 52.4 Å². The van der Waals surface area contributed by atoms with Crippen molar-refractivity contribution in [1.29, 1.82) is 0 Å². The Morgan fingerprint density at radius 1 is 1.13 bits per heavy atom. The highest BCUT2D eigenvalue weighted by Crippen LogP contribution is 2.25. The maximum atomic E-state index is 12.7. The summed E-state index contributed by atoms with van der Waals surface area (Å²) in [5.41, 5.74) is 0.276. The molecule has 0 aliphatic rings. The number of carbonyl (C=O) groups is 3. The zero-order valence-corrected chi connectivity index (χ0v) is 21.9. The lowest BCUT2D eigenvalue weighted by atomic mass is 10.2. The molecule has 0 saturated carbocycles. The molecule has 15 heteroatoms. The molecule has 1 rings (SSSR count). The molecule has 2 N–H and O–H groups in total. The first-order valence-electron chi connectivity index (χ1n) is 7.80. The molecule has 30 heavy (non-hydrogen) atoms. The van der Waals surface area contributed by atoms with Gasteiger partial charge >= 0.3 is 12.1 Å². The van der Waals surface area contributed by atoms with E-state index in [2.05, 4.69) is 10.1 Å². The van der Waals surface area contributed by atoms with Gasteiger partial charge in [-0.25, -0.2) is 0 Å². The van der Waals surface area contributed by atoms with E-state index in [-0.39, 0.29) is 18.4 Å². The van der Waals surface area contributed by atoms with Gasteiger partial charge in [-0.3, -0.25) is 24.3 Å². The minimum atomic E-state index is -5.20. The molecule has 168 valence electrons. The lowest BCUT2D eigenvalue weighted by molar-refractivity contribution is -0.215. The highest BCUT2D eigenvalue weighted by Gasteiger charge is 2.45. The normalized spacial score (nSPS) is 12.9. The van der Waals surface area contributed by atoms with E-state index in [9.17, 15) is 36.0 Å². The van der Waals surface area contributed by atoms with Gasteiger partial charge < -0.3 is 4.74 Å². The average Bonchev–Trinajstić information content (AvgIpc) is 2.55. The van der Waals surface area contributed by atoms with E-state index in [1.807, 2.05) is 73.8 Å². The van der Waals surface area contributed by atoms with Gasteiger partial charge in [0, 0.05) is 23.6 Å². The third kappa shape index (κ3) is 9.90. The van der Waals surface area contributed by atoms with Gasteiger partial charge in [-0.1, -0.05) is 0 Å². The van der Waals surface area contributed by atoms with E-state index in [0.717, 1.165) is 7.14 Å². The van der Waals surface area contributed by atoms with Crippen LogP contribution in [0.1, 0.15) is 29.6 Å². The molecule has 0 aromatic heterocycles. The van der Waals surface area contributed by atoms with Crippen LogP contribution >= 0.6 is 67.8 Å². The van der Waals surface area contributed by atoms with Gasteiger partial charge in [0.1, 0.15) is 5.75 Å². The van der Waals surface area contributed by atoms with Crippen LogP contribution in [0.3, 0.4) is 0 Å². The van der Waals surface area contributed by atoms with E-state index >= 15 is 0 Å². The number of hydrogen-bond donors (Lipinski definition) is 2. The molecular formula is C15H13F3I3NO7S. The molecule has 0 radical (unpaired) electrons. The quantitative estimate of drug-likeness (QED) is 0.179. The first-order chi connectivity index (χ1) is 13.6. The van der Waals surface area contributed by atoms with Gasteiger partial charge in [0.25, 0.3) is 16.0 Å². The summed E-state index contributed by atoms with van der Waals surface area (Å²) in [6.45, 7) is 0. The zero-order valence-electron chi connectivity index (χ0n) is 14.6. The summed E-state index contributed by atoms with van der Waals surface area (Å²) in [5, 5.41) is 2.13. The maximum absolute atomic E-state index is 12.7. The number of ether oxygens (including phenoxy) is 1. The number of amides is 2. The van der Waals surface area contributed by atoms with E-state index in [4.69, 9.17) is 4.55 Å². The summed E-state index contributed by atoms with van der Waals surface area (Å²) >= 11 is 5.99. The summed E-state index contributed by atoms with van der Waals surface area (Å²) in [4.78, 5) is 35.6. The lowest BCUT2D eigenvalue weighted by Gasteiger charge is -2.19. The second kappa shape index (κ2) is 11.5. The number of benzene rings is 1. The Balaban J connectivity index is 2.58. The highest BCUT2D eigenvalue weighted by molar-refractivity contribution is 14.1. The monoisotopic (exact) mass is 789 g/mol. The van der Waals surface area contributed by atoms with Crippen LogP contribution in [0.2, 0.25) is 0 Å². The summed E-state index contributed by atoms with van der Waals surface area (Å²) < 4.78 is 74.2. The molecule has 0 fully saturated rings. The van der Waals surface area contributed by atoms with Crippen LogP contribution < -0.4 is 5.32 Å². The Bertz CT molecular complexity index is 938. The van der Waals surface area contributed by atoms with Crippen LogP contribution in [0.25, 0.3) is 0 Å². The fourth-order valence-corrected chi connectivity index (χ4v) is 5.02. The van der Waals surface area contributed by atoms with Crippen molar-refractivity contribution in [1.82, 2.24) is 5.32 Å². The molecule has 0 aliphatic heterocycles. The molecule has 1 aromatic rings. The maximum Gasteiger partial charge on any atom is 0.426 e. The number of alkyl halides is 3. The molecule has 8 nitrogen and oxygen atoms in total. The van der Waals surface area contributed by atoms with Gasteiger partial charge in [-0.15, -0.1) is 0 Å². The minimum absolute atomic E-state index is 0.241. The summed E-state index contributed by atoms with van der Waals surface area (Å²) in [6, 6.07) is 3.42. The molecule has 0 aliphatic carbocycles. The number of hydrogen-bond acceptors (Lipinski definition) is 6. The number of carbonyl (C=O) groups excluding carboxylic acids is 3. The molecular weight excluding hydrogens is 776 g/mol. The molecule has 0 bridgehead atoms. The van der Waals surface area contributed by atoms with Gasteiger partial charge in [0.15, 0.2) is 0 Å². The molecule has 2 amide bonds. The van der Waals surface area contributed by atoms with Crippen LogP contribution in [0, 0.1) is 10.7 Å². The number of rotatable bonds is 8. The van der Waals surface area contributed by atoms with E-state index in [0.29, 0.717) is 3.57 Å². The third-order valence-corrected chi connectivity index (χ3v) is 7.67. The van der Waals surface area contributed by atoms with E-state index in [1.165, 1.54) is 0 Å².